The summed E-state index contributed by atoms with van der Waals surface area (Å²) in [5.74, 6) is 1.62. The number of benzene rings is 2. The first kappa shape index (κ1) is 11.7. The molecule has 1 aliphatic rings. The maximum Gasteiger partial charge on any atom is 0.130 e. The van der Waals surface area contributed by atoms with Gasteiger partial charge in [-0.3, -0.25) is 0 Å². The van der Waals surface area contributed by atoms with E-state index in [0.717, 1.165) is 0 Å². The van der Waals surface area contributed by atoms with Crippen molar-refractivity contribution in [1.29, 1.82) is 0 Å². The van der Waals surface area contributed by atoms with Crippen LogP contribution in [0, 0.1) is 0 Å². The van der Waals surface area contributed by atoms with Crippen LogP contribution in [-0.4, -0.2) is 22.9 Å². The molecule has 1 atom stereocenters. The molecule has 0 amide bonds. The summed E-state index contributed by atoms with van der Waals surface area (Å²) in [6, 6.07) is 9.81. The molecule has 0 radical (unpaired) electrons. The van der Waals surface area contributed by atoms with Crippen molar-refractivity contribution in [3.8, 4) is 34.1 Å². The summed E-state index contributed by atoms with van der Waals surface area (Å²) in [6.07, 6.45) is -0.0924. The molecule has 0 bridgehead atoms. The molecule has 4 nitrogen and oxygen atoms in total. The molecule has 4 heteroatoms. The van der Waals surface area contributed by atoms with Gasteiger partial charge >= 0.3 is 0 Å². The Bertz CT molecular complexity index is 622. The molecule has 0 saturated heterocycles. The minimum atomic E-state index is -0.0924. The summed E-state index contributed by atoms with van der Waals surface area (Å²) in [4.78, 5) is 0. The topological polar surface area (TPSA) is 58.9 Å². The van der Waals surface area contributed by atoms with Gasteiger partial charge in [-0.25, -0.2) is 0 Å². The van der Waals surface area contributed by atoms with Gasteiger partial charge in [-0.05, 0) is 43.3 Å². The van der Waals surface area contributed by atoms with E-state index in [-0.39, 0.29) is 17.6 Å². The zero-order valence-electron chi connectivity index (χ0n) is 10.5. The van der Waals surface area contributed by atoms with Gasteiger partial charge in [0, 0.05) is 11.1 Å². The van der Waals surface area contributed by atoms with E-state index >= 15 is 0 Å². The third-order valence-electron chi connectivity index (χ3n) is 3.02. The van der Waals surface area contributed by atoms with E-state index in [9.17, 15) is 10.2 Å². The predicted molar refractivity (Wildman–Crippen MR) is 70.8 cm³/mol. The van der Waals surface area contributed by atoms with E-state index < -0.39 is 0 Å². The fraction of sp³-hybridized carbons (Fsp3) is 0.200. The van der Waals surface area contributed by atoms with Crippen LogP contribution >= 0.6 is 0 Å². The Labute approximate surface area is 110 Å². The largest absolute Gasteiger partial charge is 0.508 e. The van der Waals surface area contributed by atoms with Gasteiger partial charge in [0.25, 0.3) is 0 Å². The fourth-order valence-electron chi connectivity index (χ4n) is 2.14. The van der Waals surface area contributed by atoms with Crippen molar-refractivity contribution >= 4 is 0 Å². The van der Waals surface area contributed by atoms with Gasteiger partial charge in [0.2, 0.25) is 0 Å². The molecule has 2 aromatic rings. The zero-order chi connectivity index (χ0) is 13.4. The van der Waals surface area contributed by atoms with Crippen LogP contribution in [0.4, 0.5) is 0 Å². The van der Waals surface area contributed by atoms with E-state index in [1.165, 1.54) is 0 Å². The van der Waals surface area contributed by atoms with Gasteiger partial charge in [0.05, 0.1) is 0 Å². The molecule has 98 valence electrons. The molecule has 1 heterocycles. The first-order valence-corrected chi connectivity index (χ1v) is 6.09. The highest BCUT2D eigenvalue weighted by Crippen LogP contribution is 2.41. The maximum absolute atomic E-state index is 9.65. The van der Waals surface area contributed by atoms with Crippen LogP contribution in [0.2, 0.25) is 0 Å². The van der Waals surface area contributed by atoms with Gasteiger partial charge in [0.15, 0.2) is 0 Å². The normalized spacial score (nSPS) is 17.2. The summed E-state index contributed by atoms with van der Waals surface area (Å²) in [7, 11) is 0. The van der Waals surface area contributed by atoms with Crippen molar-refractivity contribution in [2.45, 2.75) is 13.0 Å². The number of phenols is 2. The zero-order valence-corrected chi connectivity index (χ0v) is 10.5. The smallest absolute Gasteiger partial charge is 0.130 e. The van der Waals surface area contributed by atoms with Crippen LogP contribution in [0.25, 0.3) is 11.1 Å². The summed E-state index contributed by atoms with van der Waals surface area (Å²) < 4.78 is 11.4. The molecule has 3 rings (SSSR count). The Morgan fingerprint density at radius 3 is 2.21 bits per heavy atom. The Morgan fingerprint density at radius 2 is 1.53 bits per heavy atom. The lowest BCUT2D eigenvalue weighted by atomic mass is 10.0. The predicted octanol–water partition coefficient (Wildman–Crippen LogP) is 2.92. The van der Waals surface area contributed by atoms with E-state index in [1.807, 2.05) is 6.92 Å². The Hall–Kier alpha value is -2.36. The Morgan fingerprint density at radius 1 is 0.947 bits per heavy atom. The SMILES string of the molecule is C[C@@H]1COc2ccc(O)cc2-c2cc(O)ccc2O1. The highest BCUT2D eigenvalue weighted by atomic mass is 16.5. The third kappa shape index (κ3) is 2.17. The Kier molecular flexibility index (Phi) is 2.71. The van der Waals surface area contributed by atoms with Crippen LogP contribution in [0.3, 0.4) is 0 Å². The Balaban J connectivity index is 2.24. The molecule has 19 heavy (non-hydrogen) atoms. The van der Waals surface area contributed by atoms with Crippen molar-refractivity contribution in [1.82, 2.24) is 0 Å². The maximum atomic E-state index is 9.65. The second-order valence-electron chi connectivity index (χ2n) is 4.60. The monoisotopic (exact) mass is 258 g/mol. The molecular formula is C15H14O4. The number of phenolic OH excluding ortho intramolecular Hbond substituents is 2. The molecule has 2 N–H and O–H groups in total. The number of rotatable bonds is 0. The number of ether oxygens (including phenoxy) is 2. The molecule has 0 saturated carbocycles. The summed E-state index contributed by atoms with van der Waals surface area (Å²) >= 11 is 0. The minimum absolute atomic E-state index is 0.0924. The second kappa shape index (κ2) is 4.39. The van der Waals surface area contributed by atoms with Crippen LogP contribution in [0.5, 0.6) is 23.0 Å². The summed E-state index contributed by atoms with van der Waals surface area (Å²) in [5.41, 5.74) is 1.41. The highest BCUT2D eigenvalue weighted by Gasteiger charge is 2.19. The van der Waals surface area contributed by atoms with Crippen molar-refractivity contribution < 1.29 is 19.7 Å². The average molecular weight is 258 g/mol. The molecule has 0 spiro atoms. The van der Waals surface area contributed by atoms with Gasteiger partial charge in [-0.15, -0.1) is 0 Å². The highest BCUT2D eigenvalue weighted by molar-refractivity contribution is 5.78. The molecular weight excluding hydrogens is 244 g/mol. The molecule has 0 fully saturated rings. The van der Waals surface area contributed by atoms with Gasteiger partial charge in [-0.1, -0.05) is 0 Å². The van der Waals surface area contributed by atoms with E-state index in [0.29, 0.717) is 29.2 Å². The van der Waals surface area contributed by atoms with Crippen LogP contribution < -0.4 is 9.47 Å². The van der Waals surface area contributed by atoms with Crippen molar-refractivity contribution in [3.63, 3.8) is 0 Å². The van der Waals surface area contributed by atoms with Crippen molar-refractivity contribution in [2.24, 2.45) is 0 Å². The van der Waals surface area contributed by atoms with Crippen LogP contribution in [0.1, 0.15) is 6.92 Å². The molecule has 0 aliphatic carbocycles. The van der Waals surface area contributed by atoms with Crippen LogP contribution in [-0.2, 0) is 0 Å². The lowest BCUT2D eigenvalue weighted by molar-refractivity contribution is 0.141. The fourth-order valence-corrected chi connectivity index (χ4v) is 2.14. The molecule has 2 aromatic carbocycles. The summed E-state index contributed by atoms with van der Waals surface area (Å²) in [6.45, 7) is 2.35. The number of hydrogen-bond donors (Lipinski definition) is 2. The molecule has 0 unspecified atom stereocenters. The van der Waals surface area contributed by atoms with E-state index in [4.69, 9.17) is 9.47 Å². The average Bonchev–Trinajstić information content (AvgIpc) is 2.38. The first-order chi connectivity index (χ1) is 9.13. The van der Waals surface area contributed by atoms with Gasteiger partial charge in [0.1, 0.15) is 35.7 Å². The molecule has 1 aliphatic heterocycles. The lowest BCUT2D eigenvalue weighted by Gasteiger charge is -2.23. The van der Waals surface area contributed by atoms with Gasteiger partial charge < -0.3 is 19.7 Å². The van der Waals surface area contributed by atoms with E-state index in [1.54, 1.807) is 36.4 Å². The number of aromatic hydroxyl groups is 2. The summed E-state index contributed by atoms with van der Waals surface area (Å²) in [5, 5.41) is 19.3. The molecule has 0 aromatic heterocycles. The van der Waals surface area contributed by atoms with Crippen molar-refractivity contribution in [2.75, 3.05) is 6.61 Å². The standard InChI is InChI=1S/C15H14O4/c1-9-8-18-14-4-2-10(16)6-12(14)13-7-11(17)3-5-15(13)19-9/h2-7,9,16-17H,8H2,1H3/t9-/m1/s1. The third-order valence-corrected chi connectivity index (χ3v) is 3.02. The minimum Gasteiger partial charge on any atom is -0.508 e. The van der Waals surface area contributed by atoms with Crippen molar-refractivity contribution in [3.05, 3.63) is 36.4 Å². The number of fused-ring (bicyclic) bond motifs is 3. The lowest BCUT2D eigenvalue weighted by Crippen LogP contribution is -2.23. The quantitative estimate of drug-likeness (QED) is 0.762. The number of hydrogen-bond acceptors (Lipinski definition) is 4. The first-order valence-electron chi connectivity index (χ1n) is 6.09. The van der Waals surface area contributed by atoms with E-state index in [2.05, 4.69) is 0 Å². The van der Waals surface area contributed by atoms with Gasteiger partial charge in [-0.2, -0.15) is 0 Å². The van der Waals surface area contributed by atoms with Crippen LogP contribution in [0.15, 0.2) is 36.4 Å². The second-order valence-corrected chi connectivity index (χ2v) is 4.60.